The first-order chi connectivity index (χ1) is 7.68. The van der Waals surface area contributed by atoms with Gasteiger partial charge in [0.1, 0.15) is 0 Å². The Morgan fingerprint density at radius 1 is 1.31 bits per heavy atom. The topological polar surface area (TPSA) is 41.1 Å². The van der Waals surface area contributed by atoms with E-state index in [1.807, 2.05) is 0 Å². The Kier molecular flexibility index (Phi) is 3.85. The maximum Gasteiger partial charge on any atom is 0.224 e. The minimum absolute atomic E-state index is 0.184. The summed E-state index contributed by atoms with van der Waals surface area (Å²) >= 11 is 0. The lowest BCUT2D eigenvalue weighted by molar-refractivity contribution is -0.126. The summed E-state index contributed by atoms with van der Waals surface area (Å²) in [5.74, 6) is 1.64. The van der Waals surface area contributed by atoms with E-state index in [0.29, 0.717) is 17.9 Å². The number of carbonyl (C=O) groups is 1. The zero-order valence-corrected chi connectivity index (χ0v) is 10.5. The van der Waals surface area contributed by atoms with Gasteiger partial charge < -0.3 is 10.6 Å². The molecule has 2 N–H and O–H groups in total. The van der Waals surface area contributed by atoms with Crippen molar-refractivity contribution in [2.75, 3.05) is 13.1 Å². The SMILES string of the molecule is CC1CNCC1C(=O)N[C@@H](C)C1CCCC1. The Balaban J connectivity index is 1.81. The normalized spacial score (nSPS) is 32.9. The van der Waals surface area contributed by atoms with Gasteiger partial charge in [-0.25, -0.2) is 0 Å². The van der Waals surface area contributed by atoms with Crippen LogP contribution in [0.4, 0.5) is 0 Å². The summed E-state index contributed by atoms with van der Waals surface area (Å²) in [6, 6.07) is 0.364. The van der Waals surface area contributed by atoms with Gasteiger partial charge in [-0.15, -0.1) is 0 Å². The summed E-state index contributed by atoms with van der Waals surface area (Å²) in [4.78, 5) is 12.1. The first kappa shape index (κ1) is 11.9. The molecule has 1 heterocycles. The number of carbonyl (C=O) groups excluding carboxylic acids is 1. The summed E-state index contributed by atoms with van der Waals surface area (Å²) in [5, 5.41) is 6.50. The van der Waals surface area contributed by atoms with Crippen molar-refractivity contribution in [3.8, 4) is 0 Å². The molecule has 16 heavy (non-hydrogen) atoms. The Morgan fingerprint density at radius 2 is 2.00 bits per heavy atom. The molecular formula is C13H24N2O. The summed E-state index contributed by atoms with van der Waals surface area (Å²) < 4.78 is 0. The molecule has 1 saturated heterocycles. The molecule has 0 aromatic carbocycles. The van der Waals surface area contributed by atoms with Gasteiger partial charge in [0.2, 0.25) is 5.91 Å². The van der Waals surface area contributed by atoms with E-state index in [1.54, 1.807) is 0 Å². The van der Waals surface area contributed by atoms with Gasteiger partial charge in [0.15, 0.2) is 0 Å². The largest absolute Gasteiger partial charge is 0.353 e. The van der Waals surface area contributed by atoms with Gasteiger partial charge in [0, 0.05) is 12.6 Å². The Bertz CT molecular complexity index is 248. The highest BCUT2D eigenvalue weighted by Crippen LogP contribution is 2.28. The van der Waals surface area contributed by atoms with Crippen molar-refractivity contribution >= 4 is 5.91 Å². The molecule has 0 aromatic heterocycles. The zero-order valence-electron chi connectivity index (χ0n) is 10.5. The molecule has 2 aliphatic rings. The fraction of sp³-hybridized carbons (Fsp3) is 0.923. The Morgan fingerprint density at radius 3 is 2.56 bits per heavy atom. The zero-order chi connectivity index (χ0) is 11.5. The summed E-state index contributed by atoms with van der Waals surface area (Å²) in [6.07, 6.45) is 5.26. The first-order valence-corrected chi connectivity index (χ1v) is 6.69. The van der Waals surface area contributed by atoms with Crippen molar-refractivity contribution in [2.45, 2.75) is 45.6 Å². The van der Waals surface area contributed by atoms with Crippen LogP contribution in [0, 0.1) is 17.8 Å². The highest BCUT2D eigenvalue weighted by atomic mass is 16.2. The molecule has 1 saturated carbocycles. The number of hydrogen-bond donors (Lipinski definition) is 2. The van der Waals surface area contributed by atoms with Crippen LogP contribution in [-0.4, -0.2) is 25.0 Å². The lowest BCUT2D eigenvalue weighted by Gasteiger charge is -2.23. The van der Waals surface area contributed by atoms with Gasteiger partial charge in [-0.2, -0.15) is 0 Å². The van der Waals surface area contributed by atoms with Crippen LogP contribution in [0.15, 0.2) is 0 Å². The quantitative estimate of drug-likeness (QED) is 0.763. The van der Waals surface area contributed by atoms with Crippen LogP contribution in [0.2, 0.25) is 0 Å². The second-order valence-electron chi connectivity index (χ2n) is 5.58. The smallest absolute Gasteiger partial charge is 0.224 e. The summed E-state index contributed by atoms with van der Waals surface area (Å²) in [7, 11) is 0. The van der Waals surface area contributed by atoms with Crippen molar-refractivity contribution < 1.29 is 4.79 Å². The van der Waals surface area contributed by atoms with Crippen LogP contribution in [0.3, 0.4) is 0 Å². The molecule has 0 radical (unpaired) electrons. The molecule has 92 valence electrons. The number of hydrogen-bond acceptors (Lipinski definition) is 2. The van der Waals surface area contributed by atoms with Crippen molar-refractivity contribution in [2.24, 2.45) is 17.8 Å². The fourth-order valence-electron chi connectivity index (χ4n) is 3.07. The van der Waals surface area contributed by atoms with E-state index >= 15 is 0 Å². The van der Waals surface area contributed by atoms with Crippen LogP contribution < -0.4 is 10.6 Å². The molecule has 1 aliphatic heterocycles. The number of rotatable bonds is 3. The molecule has 1 amide bonds. The molecule has 3 nitrogen and oxygen atoms in total. The molecule has 1 aliphatic carbocycles. The predicted octanol–water partition coefficient (Wildman–Crippen LogP) is 1.54. The Labute approximate surface area is 98.4 Å². The van der Waals surface area contributed by atoms with Crippen LogP contribution >= 0.6 is 0 Å². The van der Waals surface area contributed by atoms with Crippen LogP contribution in [0.1, 0.15) is 39.5 Å². The van der Waals surface area contributed by atoms with Gasteiger partial charge in [-0.05, 0) is 38.1 Å². The highest BCUT2D eigenvalue weighted by Gasteiger charge is 2.31. The highest BCUT2D eigenvalue weighted by molar-refractivity contribution is 5.79. The lowest BCUT2D eigenvalue weighted by atomic mass is 9.95. The molecule has 0 bridgehead atoms. The number of nitrogens with one attached hydrogen (secondary N) is 2. The van der Waals surface area contributed by atoms with E-state index in [0.717, 1.165) is 13.1 Å². The third-order valence-electron chi connectivity index (χ3n) is 4.33. The molecular weight excluding hydrogens is 200 g/mol. The average Bonchev–Trinajstić information content (AvgIpc) is 2.86. The van der Waals surface area contributed by atoms with Crippen molar-refractivity contribution in [1.82, 2.24) is 10.6 Å². The van der Waals surface area contributed by atoms with Crippen molar-refractivity contribution in [3.05, 3.63) is 0 Å². The summed E-state index contributed by atoms with van der Waals surface area (Å²) in [6.45, 7) is 6.16. The van der Waals surface area contributed by atoms with Gasteiger partial charge in [0.05, 0.1) is 5.92 Å². The maximum absolute atomic E-state index is 12.1. The van der Waals surface area contributed by atoms with E-state index < -0.39 is 0 Å². The minimum Gasteiger partial charge on any atom is -0.353 e. The average molecular weight is 224 g/mol. The predicted molar refractivity (Wildman–Crippen MR) is 65.1 cm³/mol. The first-order valence-electron chi connectivity index (χ1n) is 6.69. The molecule has 2 unspecified atom stereocenters. The number of amides is 1. The molecule has 0 spiro atoms. The minimum atomic E-state index is 0.184. The molecule has 0 aromatic rings. The molecule has 2 fully saturated rings. The third-order valence-corrected chi connectivity index (χ3v) is 4.33. The molecule has 3 atom stereocenters. The second-order valence-corrected chi connectivity index (χ2v) is 5.58. The van der Waals surface area contributed by atoms with E-state index in [1.165, 1.54) is 25.7 Å². The van der Waals surface area contributed by atoms with Crippen molar-refractivity contribution in [1.29, 1.82) is 0 Å². The monoisotopic (exact) mass is 224 g/mol. The van der Waals surface area contributed by atoms with Crippen LogP contribution in [-0.2, 0) is 4.79 Å². The van der Waals surface area contributed by atoms with E-state index in [-0.39, 0.29) is 11.8 Å². The Hall–Kier alpha value is -0.570. The van der Waals surface area contributed by atoms with Crippen LogP contribution in [0.5, 0.6) is 0 Å². The van der Waals surface area contributed by atoms with E-state index in [9.17, 15) is 4.79 Å². The molecule has 2 rings (SSSR count). The standard InChI is InChI=1S/C13H24N2O/c1-9-7-14-8-12(9)13(16)15-10(2)11-5-3-4-6-11/h9-12,14H,3-8H2,1-2H3,(H,15,16)/t9?,10-,12?/m0/s1. The van der Waals surface area contributed by atoms with Crippen molar-refractivity contribution in [3.63, 3.8) is 0 Å². The van der Waals surface area contributed by atoms with Gasteiger partial charge in [0.25, 0.3) is 0 Å². The lowest BCUT2D eigenvalue weighted by Crippen LogP contribution is -2.42. The van der Waals surface area contributed by atoms with Gasteiger partial charge in [-0.3, -0.25) is 4.79 Å². The third kappa shape index (κ3) is 2.57. The maximum atomic E-state index is 12.1. The van der Waals surface area contributed by atoms with E-state index in [4.69, 9.17) is 0 Å². The fourth-order valence-corrected chi connectivity index (χ4v) is 3.07. The van der Waals surface area contributed by atoms with Gasteiger partial charge >= 0.3 is 0 Å². The second kappa shape index (κ2) is 5.17. The van der Waals surface area contributed by atoms with E-state index in [2.05, 4.69) is 24.5 Å². The summed E-state index contributed by atoms with van der Waals surface area (Å²) in [5.41, 5.74) is 0. The molecule has 3 heteroatoms. The van der Waals surface area contributed by atoms with Gasteiger partial charge in [-0.1, -0.05) is 19.8 Å². The van der Waals surface area contributed by atoms with Crippen LogP contribution in [0.25, 0.3) is 0 Å².